The zero-order valence-electron chi connectivity index (χ0n) is 11.6. The number of carboxylic acids is 1. The quantitative estimate of drug-likeness (QED) is 0.813. The first-order valence-electron chi connectivity index (χ1n) is 6.15. The molecule has 0 fully saturated rings. The summed E-state index contributed by atoms with van der Waals surface area (Å²) in [5.74, 6) is -1.11. The molecule has 112 valence electrons. The molecule has 0 aromatic heterocycles. The standard InChI is InChI=1S/C13H18BrNO4S/c1-8(2)7-10(13(16)17)15-20(18,19)11-6-4-5-9(3)12(11)14/h4-6,8,10,15H,7H2,1-3H3,(H,16,17)/t10-/m1/s1. The van der Waals surface area contributed by atoms with E-state index in [0.717, 1.165) is 5.56 Å². The number of aliphatic carboxylic acids is 1. The number of hydrogen-bond donors (Lipinski definition) is 2. The van der Waals surface area contributed by atoms with Gasteiger partial charge < -0.3 is 5.11 Å². The molecule has 20 heavy (non-hydrogen) atoms. The van der Waals surface area contributed by atoms with Gasteiger partial charge in [-0.15, -0.1) is 0 Å². The summed E-state index contributed by atoms with van der Waals surface area (Å²) in [6.45, 7) is 5.45. The van der Waals surface area contributed by atoms with Crippen molar-refractivity contribution in [2.24, 2.45) is 5.92 Å². The van der Waals surface area contributed by atoms with Crippen LogP contribution in [0.15, 0.2) is 27.6 Å². The molecule has 0 unspecified atom stereocenters. The van der Waals surface area contributed by atoms with Crippen LogP contribution >= 0.6 is 15.9 Å². The van der Waals surface area contributed by atoms with Gasteiger partial charge in [0.05, 0.1) is 4.90 Å². The van der Waals surface area contributed by atoms with Gasteiger partial charge in [0.25, 0.3) is 0 Å². The lowest BCUT2D eigenvalue weighted by Crippen LogP contribution is -2.41. The van der Waals surface area contributed by atoms with Crippen LogP contribution in [0.4, 0.5) is 0 Å². The molecule has 7 heteroatoms. The van der Waals surface area contributed by atoms with Crippen molar-refractivity contribution in [1.82, 2.24) is 4.72 Å². The van der Waals surface area contributed by atoms with Crippen molar-refractivity contribution in [3.05, 3.63) is 28.2 Å². The van der Waals surface area contributed by atoms with Crippen LogP contribution < -0.4 is 4.72 Å². The third kappa shape index (κ3) is 4.29. The second-order valence-corrected chi connectivity index (χ2v) is 7.50. The lowest BCUT2D eigenvalue weighted by molar-refractivity contribution is -0.139. The number of halogens is 1. The van der Waals surface area contributed by atoms with Crippen LogP contribution in [0.5, 0.6) is 0 Å². The second-order valence-electron chi connectivity index (χ2n) is 5.03. The summed E-state index contributed by atoms with van der Waals surface area (Å²) >= 11 is 3.23. The number of aryl methyl sites for hydroxylation is 1. The first-order valence-corrected chi connectivity index (χ1v) is 8.43. The highest BCUT2D eigenvalue weighted by atomic mass is 79.9. The van der Waals surface area contributed by atoms with E-state index in [1.807, 2.05) is 13.8 Å². The molecule has 1 atom stereocenters. The van der Waals surface area contributed by atoms with Crippen LogP contribution in [0.3, 0.4) is 0 Å². The molecule has 0 radical (unpaired) electrons. The van der Waals surface area contributed by atoms with E-state index in [1.54, 1.807) is 19.1 Å². The Morgan fingerprint density at radius 2 is 2.00 bits per heavy atom. The van der Waals surface area contributed by atoms with E-state index in [9.17, 15) is 13.2 Å². The Morgan fingerprint density at radius 3 is 2.50 bits per heavy atom. The van der Waals surface area contributed by atoms with Gasteiger partial charge in [0.1, 0.15) is 6.04 Å². The molecule has 0 saturated carbocycles. The Labute approximate surface area is 127 Å². The Hall–Kier alpha value is -0.920. The second kappa shape index (κ2) is 6.69. The molecule has 1 rings (SSSR count). The molecule has 0 saturated heterocycles. The maximum absolute atomic E-state index is 12.3. The maximum Gasteiger partial charge on any atom is 0.321 e. The van der Waals surface area contributed by atoms with Gasteiger partial charge in [0.15, 0.2) is 0 Å². The molecular formula is C13H18BrNO4S. The third-order valence-electron chi connectivity index (χ3n) is 2.75. The molecule has 0 amide bonds. The molecule has 1 aromatic carbocycles. The van der Waals surface area contributed by atoms with Gasteiger partial charge in [-0.05, 0) is 46.8 Å². The Morgan fingerprint density at radius 1 is 1.40 bits per heavy atom. The van der Waals surface area contributed by atoms with Gasteiger partial charge in [0, 0.05) is 4.47 Å². The van der Waals surface area contributed by atoms with Crippen molar-refractivity contribution in [3.8, 4) is 0 Å². The molecule has 1 aromatic rings. The van der Waals surface area contributed by atoms with Crippen LogP contribution in [0.25, 0.3) is 0 Å². The minimum absolute atomic E-state index is 0.0486. The molecule has 0 bridgehead atoms. The largest absolute Gasteiger partial charge is 0.480 e. The first kappa shape index (κ1) is 17.1. The molecule has 0 heterocycles. The van der Waals surface area contributed by atoms with Crippen LogP contribution in [0.2, 0.25) is 0 Å². The number of benzene rings is 1. The van der Waals surface area contributed by atoms with E-state index in [4.69, 9.17) is 5.11 Å². The summed E-state index contributed by atoms with van der Waals surface area (Å²) in [6, 6.07) is 3.69. The van der Waals surface area contributed by atoms with Crippen molar-refractivity contribution >= 4 is 31.9 Å². The first-order chi connectivity index (χ1) is 9.15. The molecule has 5 nitrogen and oxygen atoms in total. The highest BCUT2D eigenvalue weighted by Gasteiger charge is 2.27. The number of hydrogen-bond acceptors (Lipinski definition) is 3. The molecular weight excluding hydrogens is 346 g/mol. The minimum Gasteiger partial charge on any atom is -0.480 e. The van der Waals surface area contributed by atoms with Crippen LogP contribution in [0.1, 0.15) is 25.8 Å². The van der Waals surface area contributed by atoms with Gasteiger partial charge in [-0.1, -0.05) is 26.0 Å². The average Bonchev–Trinajstić information content (AvgIpc) is 2.30. The highest BCUT2D eigenvalue weighted by Crippen LogP contribution is 2.25. The monoisotopic (exact) mass is 363 g/mol. The zero-order valence-corrected chi connectivity index (χ0v) is 14.0. The van der Waals surface area contributed by atoms with Gasteiger partial charge >= 0.3 is 5.97 Å². The van der Waals surface area contributed by atoms with Crippen molar-refractivity contribution in [2.75, 3.05) is 0 Å². The van der Waals surface area contributed by atoms with E-state index in [2.05, 4.69) is 20.7 Å². The summed E-state index contributed by atoms with van der Waals surface area (Å²) in [5, 5.41) is 9.12. The maximum atomic E-state index is 12.3. The van der Waals surface area contributed by atoms with E-state index in [1.165, 1.54) is 6.07 Å². The predicted octanol–water partition coefficient (Wildman–Crippen LogP) is 2.54. The number of carboxylic acid groups (broad SMARTS) is 1. The van der Waals surface area contributed by atoms with Crippen LogP contribution in [-0.4, -0.2) is 25.5 Å². The van der Waals surface area contributed by atoms with Crippen molar-refractivity contribution in [3.63, 3.8) is 0 Å². The molecule has 0 aliphatic heterocycles. The molecule has 0 spiro atoms. The summed E-state index contributed by atoms with van der Waals surface area (Å²) in [7, 11) is -3.88. The average molecular weight is 364 g/mol. The van der Waals surface area contributed by atoms with Crippen molar-refractivity contribution in [2.45, 2.75) is 38.1 Å². The smallest absolute Gasteiger partial charge is 0.321 e. The number of sulfonamides is 1. The fraction of sp³-hybridized carbons (Fsp3) is 0.462. The fourth-order valence-corrected chi connectivity index (χ4v) is 4.01. The summed E-state index contributed by atoms with van der Waals surface area (Å²) in [6.07, 6.45) is 0.234. The predicted molar refractivity (Wildman–Crippen MR) is 80.1 cm³/mol. The Bertz CT molecular complexity index is 598. The summed E-state index contributed by atoms with van der Waals surface area (Å²) in [4.78, 5) is 11.2. The van der Waals surface area contributed by atoms with Crippen LogP contribution in [-0.2, 0) is 14.8 Å². The van der Waals surface area contributed by atoms with Crippen molar-refractivity contribution in [1.29, 1.82) is 0 Å². The number of nitrogens with one attached hydrogen (secondary N) is 1. The van der Waals surface area contributed by atoms with E-state index in [0.29, 0.717) is 4.47 Å². The van der Waals surface area contributed by atoms with Gasteiger partial charge in [0.2, 0.25) is 10.0 Å². The van der Waals surface area contributed by atoms with Gasteiger partial charge in [-0.2, -0.15) is 4.72 Å². The normalized spacial score (nSPS) is 13.4. The van der Waals surface area contributed by atoms with Gasteiger partial charge in [-0.3, -0.25) is 4.79 Å². The Kier molecular flexibility index (Phi) is 5.73. The molecule has 2 N–H and O–H groups in total. The van der Waals surface area contributed by atoms with Crippen molar-refractivity contribution < 1.29 is 18.3 Å². The number of carbonyl (C=O) groups is 1. The topological polar surface area (TPSA) is 83.5 Å². The Balaban J connectivity index is 3.10. The van der Waals surface area contributed by atoms with Gasteiger partial charge in [-0.25, -0.2) is 8.42 Å². The van der Waals surface area contributed by atoms with E-state index >= 15 is 0 Å². The SMILES string of the molecule is Cc1cccc(S(=O)(=O)N[C@H](CC(C)C)C(=O)O)c1Br. The van der Waals surface area contributed by atoms with E-state index < -0.39 is 22.0 Å². The summed E-state index contributed by atoms with van der Waals surface area (Å²) in [5.41, 5.74) is 0.767. The third-order valence-corrected chi connectivity index (χ3v) is 5.58. The lowest BCUT2D eigenvalue weighted by Gasteiger charge is -2.17. The number of rotatable bonds is 6. The summed E-state index contributed by atoms with van der Waals surface area (Å²) < 4.78 is 27.3. The minimum atomic E-state index is -3.88. The lowest BCUT2D eigenvalue weighted by atomic mass is 10.1. The molecule has 0 aliphatic carbocycles. The van der Waals surface area contributed by atoms with Crippen LogP contribution in [0, 0.1) is 12.8 Å². The fourth-order valence-electron chi connectivity index (χ4n) is 1.75. The highest BCUT2D eigenvalue weighted by molar-refractivity contribution is 9.10. The zero-order chi connectivity index (χ0) is 15.5. The van der Waals surface area contributed by atoms with E-state index in [-0.39, 0.29) is 17.2 Å². The molecule has 0 aliphatic rings.